The largest absolute Gasteiger partial charge is 0.490 e. The molecule has 7 N–H and O–H groups in total. The predicted octanol–water partition coefficient (Wildman–Crippen LogP) is 7.86. The molecule has 0 aliphatic carbocycles. The fourth-order valence-corrected chi connectivity index (χ4v) is 20.2. The van der Waals surface area contributed by atoms with Gasteiger partial charge in [0.1, 0.15) is 17.2 Å². The molecule has 744 valence electrons. The molecule has 5 unspecified atom stereocenters. The first-order valence-corrected chi connectivity index (χ1v) is 48.4. The van der Waals surface area contributed by atoms with Gasteiger partial charge >= 0.3 is 30.5 Å². The van der Waals surface area contributed by atoms with Crippen LogP contribution in [0.25, 0.3) is 36.0 Å². The van der Waals surface area contributed by atoms with Crippen molar-refractivity contribution >= 4 is 132 Å². The van der Waals surface area contributed by atoms with E-state index >= 15 is 0 Å². The molecule has 5 amide bonds. The van der Waals surface area contributed by atoms with Gasteiger partial charge in [0.05, 0.1) is 71.6 Å². The molecule has 0 saturated heterocycles. The van der Waals surface area contributed by atoms with Gasteiger partial charge in [0.25, 0.3) is 29.5 Å². The van der Waals surface area contributed by atoms with Gasteiger partial charge in [0.2, 0.25) is 5.88 Å². The number of alkyl halides is 9. The van der Waals surface area contributed by atoms with Crippen molar-refractivity contribution in [2.75, 3.05) is 20.2 Å². The molecule has 0 saturated carbocycles. The highest BCUT2D eigenvalue weighted by Gasteiger charge is 2.41. The predicted molar refractivity (Wildman–Crippen MR) is 495 cm³/mol. The van der Waals surface area contributed by atoms with Crippen LogP contribution in [0.1, 0.15) is 89.9 Å². The molecule has 5 atom stereocenters. The third-order valence-electron chi connectivity index (χ3n) is 22.2. The summed E-state index contributed by atoms with van der Waals surface area (Å²) >= 11 is 0. The summed E-state index contributed by atoms with van der Waals surface area (Å²) in [7, 11) is -6.20. The number of hydrogen-bond donors (Lipinski definition) is 7. The molecule has 9 aromatic heterocycles. The fourth-order valence-electron chi connectivity index (χ4n) is 15.9. The maximum atomic E-state index is 12.6. The van der Waals surface area contributed by atoms with E-state index in [-0.39, 0.29) is 28.7 Å². The number of pyridine rings is 4. The van der Waals surface area contributed by atoms with Crippen LogP contribution in [0.4, 0.5) is 39.5 Å². The number of para-hydroxylation sites is 2. The molecule has 143 heavy (non-hydrogen) atoms. The maximum Gasteiger partial charge on any atom is 0.490 e. The molecular formula is C89H79F9N24O16S5. The summed E-state index contributed by atoms with van der Waals surface area (Å²) in [4.78, 5) is 102. The van der Waals surface area contributed by atoms with Gasteiger partial charge in [-0.25, -0.2) is 59.0 Å². The Morgan fingerprint density at radius 3 is 1.28 bits per heavy atom. The van der Waals surface area contributed by atoms with Crippen molar-refractivity contribution in [1.29, 1.82) is 0 Å². The third kappa shape index (κ3) is 25.2. The van der Waals surface area contributed by atoms with Crippen LogP contribution >= 0.6 is 0 Å². The highest BCUT2D eigenvalue weighted by Crippen LogP contribution is 2.36. The summed E-state index contributed by atoms with van der Waals surface area (Å²) in [5.41, 5.74) is 15.2. The first-order valence-electron chi connectivity index (χ1n) is 42.7. The molecule has 3 aromatic carbocycles. The number of hydrogen-bond acceptors (Lipinski definition) is 28. The summed E-state index contributed by atoms with van der Waals surface area (Å²) in [5, 5.41) is 38.9. The van der Waals surface area contributed by atoms with Crippen molar-refractivity contribution < 1.29 is 114 Å². The van der Waals surface area contributed by atoms with Crippen LogP contribution in [0.3, 0.4) is 0 Å². The van der Waals surface area contributed by atoms with E-state index in [9.17, 15) is 84.5 Å². The Bertz CT molecular complexity index is 7190. The molecule has 10 aliphatic heterocycles. The minimum absolute atomic E-state index is 0.272. The second-order valence-electron chi connectivity index (χ2n) is 32.4. The van der Waals surface area contributed by atoms with Gasteiger partial charge in [-0.1, -0.05) is 66.7 Å². The van der Waals surface area contributed by atoms with E-state index in [2.05, 4.69) is 107 Å². The molecule has 0 fully saturated rings. The van der Waals surface area contributed by atoms with Gasteiger partial charge in [-0.15, -0.1) is 0 Å². The number of ether oxygens (including phenoxy) is 2. The number of fused-ring (bicyclic) bond motifs is 6. The van der Waals surface area contributed by atoms with Gasteiger partial charge in [-0.3, -0.25) is 87.0 Å². The smallest absolute Gasteiger partial charge is 0.481 e. The van der Waals surface area contributed by atoms with Gasteiger partial charge < -0.3 is 19.7 Å². The summed E-state index contributed by atoms with van der Waals surface area (Å²) in [6.07, 6.45) is 9.21. The zero-order valence-corrected chi connectivity index (χ0v) is 78.4. The van der Waals surface area contributed by atoms with Crippen LogP contribution in [-0.4, -0.2) is 199 Å². The Balaban J connectivity index is 0.000000124. The number of nitrogens with zero attached hydrogens (tertiary/aromatic N) is 19. The summed E-state index contributed by atoms with van der Waals surface area (Å²) < 4.78 is 192. The lowest BCUT2D eigenvalue weighted by molar-refractivity contribution is -0.193. The van der Waals surface area contributed by atoms with E-state index in [1.165, 1.54) is 47.3 Å². The SMILES string of the molecule is COc1ccc(CN2CCc3c(cnn3C3=CC(=O)NS3=O)C2)cn1.O=C(O)C(F)(F)F.O=C(O)C(F)(F)F.O=C1C=C(n2cc3c(n2)CCN(Cc2ccccn2)C3)S(=O)N1.O=C1C=C(n2ncc3c2CN(Cc2ccc(C(F)(F)F)nc2)C3)S(=O)N1.O=C1C=C(n2ncc3c2CN(Cc2cccc(Oc4ccccc4)c2)C3)S(=O)N1.O=C1C=C(n2ncc3c2CN(Cc2cnc4ccccc4c2)C3)S(=O)N1. The summed E-state index contributed by atoms with van der Waals surface area (Å²) in [6, 6.07) is 40.1. The van der Waals surface area contributed by atoms with Crippen LogP contribution < -0.4 is 33.1 Å². The van der Waals surface area contributed by atoms with Crippen LogP contribution in [0, 0.1) is 0 Å². The minimum atomic E-state index is -5.08. The number of carbonyl (C=O) groups is 7. The molecule has 0 spiro atoms. The number of methoxy groups -OCH3 is 1. The van der Waals surface area contributed by atoms with Crippen LogP contribution in [0.5, 0.6) is 17.4 Å². The molecule has 22 rings (SSSR count). The standard InChI is InChI=1S/C21H18N4O3S.C18H15N5O2S.C16H17N5O3S.C15H12F3N5O2S.C15H15N5O2S.2C2HF3O2/c26-20-10-21(29(27)23-20)25-19-14-24(13-16(19)11-22-25)12-15-5-4-8-18(9-15)28-17-6-2-1-3-7-17;24-17-6-18(26(25)21-17)23-16-11-22(10-14(16)8-20-23)9-12-5-13-3-1-2-4-15(13)19-7-12;1-24-15-3-2-11(7-17-15)9-20-5-4-13-12(10-20)8-18-21(13)16-6-14(22)19-25(16)23;16-15(17,18)12-2-1-9(4-19-12)6-22-7-10-5-20-23(11(10)8-22)14-3-13(24)21-26(14)25;21-14-7-15(23(22)18-14)20-9-11-8-19(6-4-13(11)17-20)10-12-3-1-2-5-16-12;2*3-2(4,5)1(6)7/h1-11H,12-14H2,(H,23,26);1-8H,9-11H2,(H,21,24);2-3,6-8H,4-5,9-10H2,1H3,(H,19,22);1-5H,6-8H2,(H,21,24);1-3,5,7,9H,4,6,8,10H2,(H,18,21);2*(H,6,7). The number of nitrogens with one attached hydrogen (secondary N) is 5. The van der Waals surface area contributed by atoms with Gasteiger partial charge in [-0.05, 0) is 76.9 Å². The van der Waals surface area contributed by atoms with E-state index in [0.717, 1.165) is 185 Å². The molecule has 10 aliphatic rings. The Morgan fingerprint density at radius 2 is 0.818 bits per heavy atom. The van der Waals surface area contributed by atoms with Crippen LogP contribution in [-0.2, 0) is 193 Å². The van der Waals surface area contributed by atoms with E-state index in [1.54, 1.807) is 56.8 Å². The first kappa shape index (κ1) is 101. The molecular weight excluding hydrogens is 1990 g/mol. The van der Waals surface area contributed by atoms with Gasteiger partial charge in [-0.2, -0.15) is 65.0 Å². The number of carboxylic acid groups (broad SMARTS) is 2. The second kappa shape index (κ2) is 43.7. The topological polar surface area (TPSA) is 481 Å². The Hall–Kier alpha value is -14.9. The average molecular weight is 2070 g/mol. The van der Waals surface area contributed by atoms with Crippen LogP contribution in [0.15, 0.2) is 214 Å². The van der Waals surface area contributed by atoms with Crippen molar-refractivity contribution in [3.05, 3.63) is 303 Å². The zero-order chi connectivity index (χ0) is 101. The van der Waals surface area contributed by atoms with Crippen LogP contribution in [0.2, 0.25) is 0 Å². The Kier molecular flexibility index (Phi) is 30.9. The van der Waals surface area contributed by atoms with Crippen molar-refractivity contribution in [3.63, 3.8) is 0 Å². The fraction of sp³-hybridized carbons (Fsp3) is 0.236. The molecule has 54 heteroatoms. The number of amides is 5. The van der Waals surface area contributed by atoms with Crippen molar-refractivity contribution in [2.45, 2.75) is 116 Å². The Morgan fingerprint density at radius 1 is 0.399 bits per heavy atom. The number of carboxylic acids is 2. The highest BCUT2D eigenvalue weighted by molar-refractivity contribution is 7.94. The lowest BCUT2D eigenvalue weighted by atomic mass is 10.1. The number of aromatic nitrogens is 14. The average Bonchev–Trinajstić information content (AvgIpc) is 1.63. The Labute approximate surface area is 816 Å². The molecule has 0 bridgehead atoms. The van der Waals surface area contributed by atoms with Crippen molar-refractivity contribution in [3.8, 4) is 17.4 Å². The number of rotatable bonds is 18. The number of benzene rings is 3. The second-order valence-corrected chi connectivity index (χ2v) is 38.2. The number of carbonyl (C=O) groups excluding carboxylic acids is 5. The third-order valence-corrected chi connectivity index (χ3v) is 27.5. The lowest BCUT2D eigenvalue weighted by Crippen LogP contribution is -2.30. The number of halogens is 9. The molecule has 40 nitrogen and oxygen atoms in total. The van der Waals surface area contributed by atoms with Crippen molar-refractivity contribution in [1.82, 2.24) is 117 Å². The maximum absolute atomic E-state index is 12.6. The van der Waals surface area contributed by atoms with Crippen molar-refractivity contribution in [2.24, 2.45) is 0 Å². The minimum Gasteiger partial charge on any atom is -0.481 e. The zero-order valence-electron chi connectivity index (χ0n) is 74.3. The highest BCUT2D eigenvalue weighted by atomic mass is 32.2. The summed E-state index contributed by atoms with van der Waals surface area (Å²) in [5.74, 6) is -5.13. The van der Waals surface area contributed by atoms with Gasteiger partial charge in [0, 0.05) is 212 Å². The molecule has 12 aromatic rings. The van der Waals surface area contributed by atoms with Gasteiger partial charge in [0.15, 0.2) is 80.1 Å². The number of aliphatic carboxylic acids is 2. The summed E-state index contributed by atoms with van der Waals surface area (Å²) in [6.45, 7) is 10.7. The first-order chi connectivity index (χ1) is 68.3. The molecule has 0 radical (unpaired) electrons. The van der Waals surface area contributed by atoms with E-state index in [4.69, 9.17) is 29.3 Å². The quantitative estimate of drug-likeness (QED) is 0.0402. The lowest BCUT2D eigenvalue weighted by Gasteiger charge is -2.27. The van der Waals surface area contributed by atoms with E-state index in [1.807, 2.05) is 121 Å². The molecule has 19 heterocycles. The van der Waals surface area contributed by atoms with E-state index < -0.39 is 97.0 Å². The normalized spacial score (nSPS) is 19.0. The monoisotopic (exact) mass is 2070 g/mol. The van der Waals surface area contributed by atoms with E-state index in [0.29, 0.717) is 64.3 Å².